The van der Waals surface area contributed by atoms with E-state index < -0.39 is 0 Å². The first kappa shape index (κ1) is 13.8. The van der Waals surface area contributed by atoms with Gasteiger partial charge in [0.15, 0.2) is 11.5 Å². The second-order valence-corrected chi connectivity index (χ2v) is 5.69. The molecule has 0 atom stereocenters. The molecule has 1 aliphatic rings. The van der Waals surface area contributed by atoms with Crippen LogP contribution in [0, 0.1) is 12.3 Å². The van der Waals surface area contributed by atoms with E-state index in [4.69, 9.17) is 20.6 Å². The first-order valence-corrected chi connectivity index (χ1v) is 7.34. The summed E-state index contributed by atoms with van der Waals surface area (Å²) in [6, 6.07) is 9.44. The summed E-state index contributed by atoms with van der Waals surface area (Å²) in [6.07, 6.45) is 0. The van der Waals surface area contributed by atoms with Crippen molar-refractivity contribution in [2.45, 2.75) is 16.8 Å². The van der Waals surface area contributed by atoms with Crippen LogP contribution in [0.5, 0.6) is 11.5 Å². The number of benzene rings is 1. The minimum Gasteiger partial charge on any atom is -0.486 e. The van der Waals surface area contributed by atoms with Gasteiger partial charge >= 0.3 is 0 Å². The third-order valence-electron chi connectivity index (χ3n) is 3.02. The van der Waals surface area contributed by atoms with Crippen molar-refractivity contribution >= 4 is 17.6 Å². The molecule has 0 spiro atoms. The van der Waals surface area contributed by atoms with E-state index >= 15 is 0 Å². The van der Waals surface area contributed by atoms with E-state index in [0.717, 1.165) is 27.1 Å². The number of pyridine rings is 1. The quantitative estimate of drug-likeness (QED) is 0.672. The van der Waals surface area contributed by atoms with Crippen molar-refractivity contribution in [2.24, 2.45) is 5.73 Å². The minimum atomic E-state index is 0.0162. The number of aromatic nitrogens is 1. The van der Waals surface area contributed by atoms with Gasteiger partial charge in [0, 0.05) is 16.2 Å². The number of nitrogens with two attached hydrogens (primary N) is 1. The third kappa shape index (κ3) is 2.95. The maximum absolute atomic E-state index is 7.64. The zero-order valence-electron chi connectivity index (χ0n) is 11.6. The van der Waals surface area contributed by atoms with Crippen LogP contribution in [0.25, 0.3) is 0 Å². The van der Waals surface area contributed by atoms with Crippen molar-refractivity contribution in [1.29, 1.82) is 5.41 Å². The Morgan fingerprint density at radius 2 is 1.95 bits per heavy atom. The van der Waals surface area contributed by atoms with Crippen LogP contribution in [0.2, 0.25) is 0 Å². The van der Waals surface area contributed by atoms with Crippen molar-refractivity contribution in [2.75, 3.05) is 13.2 Å². The number of amidine groups is 1. The molecule has 0 saturated heterocycles. The molecule has 0 unspecified atom stereocenters. The van der Waals surface area contributed by atoms with Crippen LogP contribution < -0.4 is 15.2 Å². The lowest BCUT2D eigenvalue weighted by atomic mass is 10.2. The fraction of sp³-hybridized carbons (Fsp3) is 0.200. The maximum atomic E-state index is 7.64. The topological polar surface area (TPSA) is 81.2 Å². The molecule has 108 valence electrons. The van der Waals surface area contributed by atoms with E-state index in [-0.39, 0.29) is 5.84 Å². The first-order chi connectivity index (χ1) is 10.1. The molecule has 0 fully saturated rings. The summed E-state index contributed by atoms with van der Waals surface area (Å²) >= 11 is 1.46. The van der Waals surface area contributed by atoms with E-state index in [2.05, 4.69) is 4.98 Å². The first-order valence-electron chi connectivity index (χ1n) is 6.53. The second-order valence-electron chi connectivity index (χ2n) is 4.63. The van der Waals surface area contributed by atoms with Gasteiger partial charge in [-0.1, -0.05) is 11.8 Å². The van der Waals surface area contributed by atoms with Crippen LogP contribution in [0.1, 0.15) is 11.3 Å². The normalized spacial score (nSPS) is 13.0. The number of rotatable bonds is 3. The zero-order chi connectivity index (χ0) is 14.8. The molecule has 0 saturated carbocycles. The molecule has 0 radical (unpaired) electrons. The number of nitrogens with one attached hydrogen (secondary N) is 1. The molecule has 3 rings (SSSR count). The van der Waals surface area contributed by atoms with E-state index in [1.807, 2.05) is 37.3 Å². The summed E-state index contributed by atoms with van der Waals surface area (Å²) in [5, 5.41) is 8.37. The largest absolute Gasteiger partial charge is 0.486 e. The van der Waals surface area contributed by atoms with Gasteiger partial charge in [-0.15, -0.1) is 0 Å². The van der Waals surface area contributed by atoms with E-state index in [0.29, 0.717) is 18.8 Å². The number of aryl methyl sites for hydroxylation is 1. The van der Waals surface area contributed by atoms with Crippen LogP contribution in [-0.2, 0) is 0 Å². The average molecular weight is 301 g/mol. The molecule has 1 aromatic heterocycles. The van der Waals surface area contributed by atoms with Crippen LogP contribution in [-0.4, -0.2) is 24.0 Å². The lowest BCUT2D eigenvalue weighted by molar-refractivity contribution is 0.171. The van der Waals surface area contributed by atoms with E-state index in [9.17, 15) is 0 Å². The van der Waals surface area contributed by atoms with Gasteiger partial charge in [0.2, 0.25) is 0 Å². The summed E-state index contributed by atoms with van der Waals surface area (Å²) in [5.74, 6) is 1.51. The monoisotopic (exact) mass is 301 g/mol. The number of nitrogens with zero attached hydrogens (tertiary/aromatic N) is 1. The molecule has 0 bridgehead atoms. The highest BCUT2D eigenvalue weighted by molar-refractivity contribution is 7.99. The van der Waals surface area contributed by atoms with Gasteiger partial charge in [0.25, 0.3) is 0 Å². The molecular formula is C15H15N3O2S. The number of ether oxygens (including phenoxy) is 2. The second kappa shape index (κ2) is 5.65. The molecule has 2 heterocycles. The Labute approximate surface area is 127 Å². The van der Waals surface area contributed by atoms with Gasteiger partial charge in [-0.3, -0.25) is 5.41 Å². The van der Waals surface area contributed by atoms with Crippen LogP contribution in [0.4, 0.5) is 0 Å². The van der Waals surface area contributed by atoms with Crippen LogP contribution in [0.3, 0.4) is 0 Å². The average Bonchev–Trinajstić information content (AvgIpc) is 2.47. The van der Waals surface area contributed by atoms with Crippen molar-refractivity contribution in [3.63, 3.8) is 0 Å². The highest BCUT2D eigenvalue weighted by atomic mass is 32.2. The summed E-state index contributed by atoms with van der Waals surface area (Å²) in [6.45, 7) is 3.05. The highest BCUT2D eigenvalue weighted by Gasteiger charge is 2.14. The Bertz CT molecular complexity index is 703. The van der Waals surface area contributed by atoms with Gasteiger partial charge in [0.05, 0.1) is 0 Å². The van der Waals surface area contributed by atoms with Crippen LogP contribution in [0.15, 0.2) is 40.3 Å². The van der Waals surface area contributed by atoms with E-state index in [1.165, 1.54) is 11.8 Å². The zero-order valence-corrected chi connectivity index (χ0v) is 12.4. The third-order valence-corrected chi connectivity index (χ3v) is 4.01. The highest BCUT2D eigenvalue weighted by Crippen LogP contribution is 2.37. The molecule has 1 aromatic carbocycles. The lowest BCUT2D eigenvalue weighted by Gasteiger charge is -2.18. The van der Waals surface area contributed by atoms with Gasteiger partial charge in [-0.2, -0.15) is 0 Å². The van der Waals surface area contributed by atoms with Gasteiger partial charge in [-0.25, -0.2) is 4.98 Å². The van der Waals surface area contributed by atoms with Crippen LogP contribution >= 0.6 is 11.8 Å². The Morgan fingerprint density at radius 1 is 1.19 bits per heavy atom. The SMILES string of the molecule is Cc1ccc(C(=N)N)c(Sc2ccc3c(c2)OCCO3)n1. The summed E-state index contributed by atoms with van der Waals surface area (Å²) < 4.78 is 11.1. The van der Waals surface area contributed by atoms with E-state index in [1.54, 1.807) is 0 Å². The molecule has 0 aliphatic carbocycles. The van der Waals surface area contributed by atoms with Gasteiger partial charge < -0.3 is 15.2 Å². The molecule has 5 nitrogen and oxygen atoms in total. The molecule has 0 amide bonds. The van der Waals surface area contributed by atoms with Gasteiger partial charge in [-0.05, 0) is 37.3 Å². The van der Waals surface area contributed by atoms with Crippen molar-refractivity contribution in [3.05, 3.63) is 41.6 Å². The molecular weight excluding hydrogens is 286 g/mol. The maximum Gasteiger partial charge on any atom is 0.162 e. The number of nitrogen functional groups attached to an aromatic ring is 1. The Morgan fingerprint density at radius 3 is 2.71 bits per heavy atom. The standard InChI is InChI=1S/C15H15N3O2S/c1-9-2-4-11(14(16)17)15(18-9)21-10-3-5-12-13(8-10)20-7-6-19-12/h2-5,8H,6-7H2,1H3,(H3,16,17). The summed E-state index contributed by atoms with van der Waals surface area (Å²) in [7, 11) is 0. The number of hydrogen-bond acceptors (Lipinski definition) is 5. The predicted molar refractivity (Wildman–Crippen MR) is 81.5 cm³/mol. The van der Waals surface area contributed by atoms with Crippen molar-refractivity contribution in [1.82, 2.24) is 4.98 Å². The molecule has 2 aromatic rings. The Hall–Kier alpha value is -2.21. The molecule has 21 heavy (non-hydrogen) atoms. The van der Waals surface area contributed by atoms with Gasteiger partial charge in [0.1, 0.15) is 24.1 Å². The predicted octanol–water partition coefficient (Wildman–Crippen LogP) is 2.60. The molecule has 6 heteroatoms. The summed E-state index contributed by atoms with van der Waals surface area (Å²) in [5.41, 5.74) is 7.14. The minimum absolute atomic E-state index is 0.0162. The number of fused-ring (bicyclic) bond motifs is 1. The Kier molecular flexibility index (Phi) is 3.70. The molecule has 3 N–H and O–H groups in total. The van der Waals surface area contributed by atoms with Crippen molar-refractivity contribution in [3.8, 4) is 11.5 Å². The fourth-order valence-electron chi connectivity index (χ4n) is 2.01. The number of hydrogen-bond donors (Lipinski definition) is 2. The Balaban J connectivity index is 1.93. The lowest BCUT2D eigenvalue weighted by Crippen LogP contribution is -2.15. The van der Waals surface area contributed by atoms with Crippen molar-refractivity contribution < 1.29 is 9.47 Å². The summed E-state index contributed by atoms with van der Waals surface area (Å²) in [4.78, 5) is 5.44. The smallest absolute Gasteiger partial charge is 0.162 e. The fourth-order valence-corrected chi connectivity index (χ4v) is 3.02. The molecule has 1 aliphatic heterocycles.